The zero-order valence-corrected chi connectivity index (χ0v) is 13.7. The van der Waals surface area contributed by atoms with Gasteiger partial charge in [-0.05, 0) is 24.6 Å². The number of hydrazone groups is 1. The van der Waals surface area contributed by atoms with Crippen molar-refractivity contribution in [3.8, 4) is 6.07 Å². The molecule has 2 rings (SSSR count). The predicted octanol–water partition coefficient (Wildman–Crippen LogP) is 0.406. The second-order valence-corrected chi connectivity index (χ2v) is 6.69. The second kappa shape index (κ2) is 6.64. The van der Waals surface area contributed by atoms with Crippen molar-refractivity contribution in [3.05, 3.63) is 41.5 Å². The van der Waals surface area contributed by atoms with E-state index in [0.29, 0.717) is 0 Å². The Balaban J connectivity index is 2.28. The molecule has 1 aromatic rings. The van der Waals surface area contributed by atoms with E-state index in [9.17, 15) is 18.0 Å². The maximum absolute atomic E-state index is 12.1. The first-order valence-electron chi connectivity index (χ1n) is 6.82. The van der Waals surface area contributed by atoms with Crippen LogP contribution in [0.5, 0.6) is 0 Å². The van der Waals surface area contributed by atoms with Crippen molar-refractivity contribution < 1.29 is 18.0 Å². The Morgan fingerprint density at radius 1 is 1.29 bits per heavy atom. The molecule has 0 saturated carbocycles. The number of carbonyl (C=O) groups is 2. The minimum absolute atomic E-state index is 0.000545. The number of carbonyl (C=O) groups excluding carboxylic acids is 2. The number of sulfonamides is 1. The van der Waals surface area contributed by atoms with Crippen molar-refractivity contribution in [1.29, 1.82) is 5.26 Å². The number of hydrogen-bond acceptors (Lipinski definition) is 6. The van der Waals surface area contributed by atoms with Crippen LogP contribution in [-0.2, 0) is 19.6 Å². The molecule has 1 aliphatic heterocycles. The van der Waals surface area contributed by atoms with E-state index in [0.717, 1.165) is 11.1 Å². The number of nitriles is 1. The first kappa shape index (κ1) is 17.4. The van der Waals surface area contributed by atoms with E-state index in [1.54, 1.807) is 18.2 Å². The molecule has 1 N–H and O–H groups in total. The van der Waals surface area contributed by atoms with Gasteiger partial charge in [0, 0.05) is 7.05 Å². The smallest absolute Gasteiger partial charge is 0.276 e. The van der Waals surface area contributed by atoms with Gasteiger partial charge in [-0.15, -0.1) is 0 Å². The van der Waals surface area contributed by atoms with Crippen LogP contribution in [0.3, 0.4) is 0 Å². The highest BCUT2D eigenvalue weighted by Crippen LogP contribution is 2.23. The molecule has 1 unspecified atom stereocenters. The Hall–Kier alpha value is -2.99. The number of likely N-dealkylation sites (N-methyl/N-ethyl adjacent to an activating group) is 1. The van der Waals surface area contributed by atoms with Crippen molar-refractivity contribution in [2.75, 3.05) is 7.05 Å². The SMILES string of the molecule is CC1=C(C=NNS(=O)(=O)c2ccccc2)C(=O)N(C)C(=O)C1C#N. The van der Waals surface area contributed by atoms with Gasteiger partial charge >= 0.3 is 0 Å². The highest BCUT2D eigenvalue weighted by Gasteiger charge is 2.36. The Kier molecular flexibility index (Phi) is 4.80. The van der Waals surface area contributed by atoms with Crippen LogP contribution in [0.1, 0.15) is 6.92 Å². The minimum Gasteiger partial charge on any atom is -0.280 e. The maximum atomic E-state index is 12.1. The molecule has 0 fully saturated rings. The number of amides is 2. The molecular formula is C15H14N4O4S. The predicted molar refractivity (Wildman–Crippen MR) is 84.8 cm³/mol. The monoisotopic (exact) mass is 346 g/mol. The largest absolute Gasteiger partial charge is 0.280 e. The fourth-order valence-corrected chi connectivity index (χ4v) is 2.92. The summed E-state index contributed by atoms with van der Waals surface area (Å²) < 4.78 is 24.1. The van der Waals surface area contributed by atoms with Crippen molar-refractivity contribution in [1.82, 2.24) is 9.73 Å². The molecule has 1 aromatic carbocycles. The zero-order chi connectivity index (χ0) is 17.9. The van der Waals surface area contributed by atoms with E-state index in [1.807, 2.05) is 10.9 Å². The van der Waals surface area contributed by atoms with E-state index in [-0.39, 0.29) is 16.0 Å². The van der Waals surface area contributed by atoms with Crippen molar-refractivity contribution in [2.24, 2.45) is 11.0 Å². The third kappa shape index (κ3) is 3.18. The molecular weight excluding hydrogens is 332 g/mol. The molecule has 0 aliphatic carbocycles. The first-order valence-corrected chi connectivity index (χ1v) is 8.30. The highest BCUT2D eigenvalue weighted by atomic mass is 32.2. The van der Waals surface area contributed by atoms with E-state index < -0.39 is 27.8 Å². The number of rotatable bonds is 4. The molecule has 1 heterocycles. The van der Waals surface area contributed by atoms with Gasteiger partial charge in [-0.25, -0.2) is 4.83 Å². The lowest BCUT2D eigenvalue weighted by Crippen LogP contribution is -2.43. The summed E-state index contributed by atoms with van der Waals surface area (Å²) in [4.78, 5) is 26.8. The zero-order valence-electron chi connectivity index (χ0n) is 12.9. The first-order chi connectivity index (χ1) is 11.3. The number of imide groups is 1. The number of benzene rings is 1. The van der Waals surface area contributed by atoms with Crippen LogP contribution in [0.2, 0.25) is 0 Å². The van der Waals surface area contributed by atoms with Gasteiger partial charge in [-0.2, -0.15) is 18.8 Å². The second-order valence-electron chi connectivity index (χ2n) is 5.03. The molecule has 1 atom stereocenters. The number of hydrogen-bond donors (Lipinski definition) is 1. The Morgan fingerprint density at radius 3 is 2.50 bits per heavy atom. The molecule has 2 amide bonds. The van der Waals surface area contributed by atoms with Crippen molar-refractivity contribution in [2.45, 2.75) is 11.8 Å². The van der Waals surface area contributed by atoms with E-state index in [1.165, 1.54) is 26.1 Å². The molecule has 0 spiro atoms. The van der Waals surface area contributed by atoms with Gasteiger partial charge in [0.05, 0.1) is 22.8 Å². The summed E-state index contributed by atoms with van der Waals surface area (Å²) in [5.41, 5.74) is 0.229. The third-order valence-electron chi connectivity index (χ3n) is 3.52. The lowest BCUT2D eigenvalue weighted by atomic mass is 9.91. The molecule has 0 saturated heterocycles. The lowest BCUT2D eigenvalue weighted by molar-refractivity contribution is -0.142. The topological polar surface area (TPSA) is 120 Å². The molecule has 0 aromatic heterocycles. The van der Waals surface area contributed by atoms with Crippen LogP contribution in [0.4, 0.5) is 0 Å². The van der Waals surface area contributed by atoms with Crippen LogP contribution in [-0.4, -0.2) is 38.4 Å². The standard InChI is InChI=1S/C15H14N4O4S/c1-10-12(8-16)14(20)19(2)15(21)13(10)9-17-18-24(22,23)11-6-4-3-5-7-11/h3-7,9,12,18H,1-2H3. The van der Waals surface area contributed by atoms with E-state index in [4.69, 9.17) is 5.26 Å². The number of nitrogens with one attached hydrogen (secondary N) is 1. The normalized spacial score (nSPS) is 18.9. The Labute approximate surface area is 139 Å². The van der Waals surface area contributed by atoms with Crippen LogP contribution in [0.15, 0.2) is 51.5 Å². The minimum atomic E-state index is -3.87. The number of nitrogens with zero attached hydrogens (tertiary/aromatic N) is 3. The van der Waals surface area contributed by atoms with Crippen LogP contribution >= 0.6 is 0 Å². The summed E-state index contributed by atoms with van der Waals surface area (Å²) in [5.74, 6) is -2.37. The summed E-state index contributed by atoms with van der Waals surface area (Å²) in [7, 11) is -2.61. The third-order valence-corrected chi connectivity index (χ3v) is 4.76. The molecule has 24 heavy (non-hydrogen) atoms. The van der Waals surface area contributed by atoms with E-state index >= 15 is 0 Å². The summed E-state index contributed by atoms with van der Waals surface area (Å²) in [6.45, 7) is 1.46. The quantitative estimate of drug-likeness (QED) is 0.481. The highest BCUT2D eigenvalue weighted by molar-refractivity contribution is 7.89. The molecule has 0 radical (unpaired) electrons. The molecule has 0 bridgehead atoms. The lowest BCUT2D eigenvalue weighted by Gasteiger charge is -2.25. The Morgan fingerprint density at radius 2 is 1.92 bits per heavy atom. The van der Waals surface area contributed by atoms with Gasteiger partial charge in [-0.3, -0.25) is 14.5 Å². The molecule has 8 nitrogen and oxygen atoms in total. The molecule has 9 heteroatoms. The summed E-state index contributed by atoms with van der Waals surface area (Å²) >= 11 is 0. The molecule has 124 valence electrons. The van der Waals surface area contributed by atoms with E-state index in [2.05, 4.69) is 5.10 Å². The van der Waals surface area contributed by atoms with Crippen molar-refractivity contribution >= 4 is 28.1 Å². The van der Waals surface area contributed by atoms with Crippen LogP contribution < -0.4 is 4.83 Å². The van der Waals surface area contributed by atoms with Gasteiger partial charge in [0.2, 0.25) is 0 Å². The van der Waals surface area contributed by atoms with Gasteiger partial charge in [-0.1, -0.05) is 18.2 Å². The average molecular weight is 346 g/mol. The summed E-state index contributed by atoms with van der Waals surface area (Å²) in [6.07, 6.45) is 1.01. The average Bonchev–Trinajstić information content (AvgIpc) is 2.57. The van der Waals surface area contributed by atoms with Crippen LogP contribution in [0, 0.1) is 17.2 Å². The van der Waals surface area contributed by atoms with Gasteiger partial charge < -0.3 is 0 Å². The van der Waals surface area contributed by atoms with Gasteiger partial charge in [0.1, 0.15) is 5.92 Å². The molecule has 1 aliphatic rings. The van der Waals surface area contributed by atoms with Gasteiger partial charge in [0.25, 0.3) is 21.8 Å². The fraction of sp³-hybridized carbons (Fsp3) is 0.200. The fourth-order valence-electron chi connectivity index (χ4n) is 2.11. The summed E-state index contributed by atoms with van der Waals surface area (Å²) in [5, 5.41) is 12.6. The Bertz CT molecular complexity index is 882. The maximum Gasteiger partial charge on any atom is 0.276 e. The van der Waals surface area contributed by atoms with Gasteiger partial charge in [0.15, 0.2) is 0 Å². The van der Waals surface area contributed by atoms with Crippen LogP contribution in [0.25, 0.3) is 0 Å². The van der Waals surface area contributed by atoms with Crippen molar-refractivity contribution in [3.63, 3.8) is 0 Å². The summed E-state index contributed by atoms with van der Waals surface area (Å²) in [6, 6.07) is 9.40.